The Bertz CT molecular complexity index is 1060. The van der Waals surface area contributed by atoms with E-state index in [0.717, 1.165) is 18.2 Å². The minimum absolute atomic E-state index is 0.167. The maximum absolute atomic E-state index is 14.2. The highest BCUT2D eigenvalue weighted by Crippen LogP contribution is 2.34. The Hall–Kier alpha value is -2.72. The van der Waals surface area contributed by atoms with Crippen LogP contribution in [0.15, 0.2) is 30.3 Å². The lowest BCUT2D eigenvalue weighted by molar-refractivity contribution is -0.275. The van der Waals surface area contributed by atoms with Gasteiger partial charge in [0.05, 0.1) is 33.0 Å². The SMILES string of the molecule is CC(C)(C)[S@@](=O)NC(c1ccc(OC(F)(F)F)c(F)c1)c1ccc(C#N)c(C(F)(F)F)n1. The Balaban J connectivity index is 2.62. The molecule has 0 fully saturated rings. The molecule has 5 nitrogen and oxygen atoms in total. The van der Waals surface area contributed by atoms with E-state index < -0.39 is 57.1 Å². The molecule has 1 aromatic heterocycles. The molecule has 0 saturated heterocycles. The van der Waals surface area contributed by atoms with Gasteiger partial charge >= 0.3 is 12.5 Å². The predicted molar refractivity (Wildman–Crippen MR) is 99.9 cm³/mol. The molecule has 2 atom stereocenters. The maximum atomic E-state index is 14.2. The lowest BCUT2D eigenvalue weighted by Gasteiger charge is -2.25. The van der Waals surface area contributed by atoms with Gasteiger partial charge in [0, 0.05) is 0 Å². The van der Waals surface area contributed by atoms with Gasteiger partial charge in [-0.25, -0.2) is 18.3 Å². The van der Waals surface area contributed by atoms with Crippen molar-refractivity contribution < 1.29 is 39.7 Å². The fraction of sp³-hybridized carbons (Fsp3) is 0.368. The molecule has 32 heavy (non-hydrogen) atoms. The van der Waals surface area contributed by atoms with Crippen LogP contribution in [0.25, 0.3) is 0 Å². The van der Waals surface area contributed by atoms with Crippen molar-refractivity contribution in [2.24, 2.45) is 0 Å². The van der Waals surface area contributed by atoms with Crippen LogP contribution < -0.4 is 9.46 Å². The van der Waals surface area contributed by atoms with Crippen molar-refractivity contribution in [3.05, 3.63) is 58.7 Å². The molecule has 1 heterocycles. The van der Waals surface area contributed by atoms with Crippen LogP contribution in [0.1, 0.15) is 49.3 Å². The molecule has 1 N–H and O–H groups in total. The van der Waals surface area contributed by atoms with Crippen LogP contribution in [-0.4, -0.2) is 20.3 Å². The van der Waals surface area contributed by atoms with Gasteiger partial charge in [0.2, 0.25) is 0 Å². The monoisotopic (exact) mass is 483 g/mol. The van der Waals surface area contributed by atoms with E-state index in [0.29, 0.717) is 12.1 Å². The van der Waals surface area contributed by atoms with Crippen LogP contribution in [0.5, 0.6) is 5.75 Å². The van der Waals surface area contributed by atoms with Crippen molar-refractivity contribution in [2.75, 3.05) is 0 Å². The number of nitriles is 1. The van der Waals surface area contributed by atoms with Crippen molar-refractivity contribution in [3.63, 3.8) is 0 Å². The average Bonchev–Trinajstić information content (AvgIpc) is 2.64. The summed E-state index contributed by atoms with van der Waals surface area (Å²) in [4.78, 5) is 3.46. The van der Waals surface area contributed by atoms with Crippen LogP contribution in [0.3, 0.4) is 0 Å². The summed E-state index contributed by atoms with van der Waals surface area (Å²) in [7, 11) is -1.90. The molecule has 174 valence electrons. The smallest absolute Gasteiger partial charge is 0.403 e. The first-order valence-corrected chi connectivity index (χ1v) is 9.89. The van der Waals surface area contributed by atoms with Gasteiger partial charge in [-0.3, -0.25) is 0 Å². The van der Waals surface area contributed by atoms with Crippen molar-refractivity contribution in [2.45, 2.75) is 44.1 Å². The fourth-order valence-corrected chi connectivity index (χ4v) is 3.25. The van der Waals surface area contributed by atoms with Gasteiger partial charge in [-0.1, -0.05) is 6.07 Å². The van der Waals surface area contributed by atoms with E-state index in [1.54, 1.807) is 20.8 Å². The number of benzene rings is 1. The van der Waals surface area contributed by atoms with Crippen molar-refractivity contribution in [3.8, 4) is 11.8 Å². The highest BCUT2D eigenvalue weighted by Gasteiger charge is 2.37. The number of hydrogen-bond acceptors (Lipinski definition) is 4. The van der Waals surface area contributed by atoms with E-state index in [4.69, 9.17) is 5.26 Å². The van der Waals surface area contributed by atoms with E-state index in [-0.39, 0.29) is 11.3 Å². The number of rotatable bonds is 5. The molecule has 0 amide bonds. The summed E-state index contributed by atoms with van der Waals surface area (Å²) in [6, 6.07) is 4.05. The van der Waals surface area contributed by atoms with Gasteiger partial charge in [-0.15, -0.1) is 13.2 Å². The van der Waals surface area contributed by atoms with Gasteiger partial charge in [0.15, 0.2) is 17.3 Å². The first kappa shape index (κ1) is 25.5. The topological polar surface area (TPSA) is 75.0 Å². The van der Waals surface area contributed by atoms with Gasteiger partial charge in [-0.05, 0) is 50.6 Å². The number of halogens is 7. The predicted octanol–water partition coefficient (Wildman–Crippen LogP) is 5.15. The number of nitrogens with one attached hydrogen (secondary N) is 1. The number of ether oxygens (including phenoxy) is 1. The quantitative estimate of drug-likeness (QED) is 0.597. The standard InChI is InChI=1S/C19H16F7N3O2S/c1-17(2,3)32(30)29-15(10-5-7-14(12(20)8-10)31-19(24,25)26)13-6-4-11(9-27)16(28-13)18(21,22)23/h4-8,15,29H,1-3H3/t15?,32-/m1/s1. The average molecular weight is 483 g/mol. The Morgan fingerprint density at radius 3 is 2.19 bits per heavy atom. The van der Waals surface area contributed by atoms with E-state index in [2.05, 4.69) is 14.4 Å². The molecule has 0 radical (unpaired) electrons. The lowest BCUT2D eigenvalue weighted by atomic mass is 10.0. The highest BCUT2D eigenvalue weighted by molar-refractivity contribution is 7.84. The van der Waals surface area contributed by atoms with Gasteiger partial charge in [0.1, 0.15) is 6.07 Å². The molecule has 0 spiro atoms. The second-order valence-electron chi connectivity index (χ2n) is 7.41. The minimum Gasteiger partial charge on any atom is -0.403 e. The molecule has 0 bridgehead atoms. The Labute approximate surface area is 180 Å². The number of hydrogen-bond donors (Lipinski definition) is 1. The van der Waals surface area contributed by atoms with Crippen molar-refractivity contribution in [1.29, 1.82) is 5.26 Å². The Morgan fingerprint density at radius 1 is 1.09 bits per heavy atom. The molecular formula is C19H16F7N3O2S. The molecule has 2 rings (SSSR count). The fourth-order valence-electron chi connectivity index (χ4n) is 2.43. The summed E-state index contributed by atoms with van der Waals surface area (Å²) in [6.07, 6.45) is -10.2. The first-order valence-electron chi connectivity index (χ1n) is 8.74. The van der Waals surface area contributed by atoms with Gasteiger partial charge in [-0.2, -0.15) is 18.4 Å². The molecule has 2 aromatic rings. The van der Waals surface area contributed by atoms with Gasteiger partial charge < -0.3 is 4.74 Å². The zero-order valence-electron chi connectivity index (χ0n) is 16.7. The summed E-state index contributed by atoms with van der Waals surface area (Å²) in [5.41, 5.74) is -2.82. The maximum Gasteiger partial charge on any atom is 0.573 e. The highest BCUT2D eigenvalue weighted by atomic mass is 32.2. The van der Waals surface area contributed by atoms with Gasteiger partial charge in [0.25, 0.3) is 0 Å². The number of alkyl halides is 6. The van der Waals surface area contributed by atoms with Crippen LogP contribution >= 0.6 is 0 Å². The van der Waals surface area contributed by atoms with E-state index in [1.165, 1.54) is 6.07 Å². The second kappa shape index (κ2) is 9.03. The van der Waals surface area contributed by atoms with Crippen LogP contribution in [0.2, 0.25) is 0 Å². The number of pyridine rings is 1. The third-order valence-electron chi connectivity index (χ3n) is 3.90. The van der Waals surface area contributed by atoms with E-state index in [9.17, 15) is 34.9 Å². The summed E-state index contributed by atoms with van der Waals surface area (Å²) >= 11 is 0. The molecule has 0 aliphatic carbocycles. The third kappa shape index (κ3) is 6.39. The third-order valence-corrected chi connectivity index (χ3v) is 5.46. The largest absolute Gasteiger partial charge is 0.573 e. The summed E-state index contributed by atoms with van der Waals surface area (Å²) in [6.45, 7) is 4.67. The molecular weight excluding hydrogens is 467 g/mol. The molecule has 0 saturated carbocycles. The summed E-state index contributed by atoms with van der Waals surface area (Å²) in [5, 5.41) is 8.93. The summed E-state index contributed by atoms with van der Waals surface area (Å²) in [5.74, 6) is -2.60. The molecule has 13 heteroatoms. The molecule has 0 aliphatic rings. The number of aromatic nitrogens is 1. The van der Waals surface area contributed by atoms with Crippen molar-refractivity contribution in [1.82, 2.24) is 9.71 Å². The van der Waals surface area contributed by atoms with Crippen molar-refractivity contribution >= 4 is 11.0 Å². The first-order chi connectivity index (χ1) is 14.5. The van der Waals surface area contributed by atoms with Crippen LogP contribution in [0.4, 0.5) is 30.7 Å². The molecule has 0 aliphatic heterocycles. The number of nitrogens with zero attached hydrogens (tertiary/aromatic N) is 2. The zero-order chi connectivity index (χ0) is 24.5. The zero-order valence-corrected chi connectivity index (χ0v) is 17.5. The van der Waals surface area contributed by atoms with Crippen LogP contribution in [-0.2, 0) is 17.2 Å². The lowest BCUT2D eigenvalue weighted by Crippen LogP contribution is -2.36. The second-order valence-corrected chi connectivity index (χ2v) is 9.41. The van der Waals surface area contributed by atoms with Crippen LogP contribution in [0, 0.1) is 17.1 Å². The summed E-state index contributed by atoms with van der Waals surface area (Å²) < 4.78 is 109. The van der Waals surface area contributed by atoms with E-state index >= 15 is 0 Å². The minimum atomic E-state index is -5.16. The molecule has 1 aromatic carbocycles. The molecule has 1 unspecified atom stereocenters. The Morgan fingerprint density at radius 2 is 1.72 bits per heavy atom. The van der Waals surface area contributed by atoms with E-state index in [1.807, 2.05) is 0 Å². The Kier molecular flexibility index (Phi) is 7.21. The normalized spacial score (nSPS) is 14.5.